The molecule has 0 saturated carbocycles. The van der Waals surface area contributed by atoms with Gasteiger partial charge >= 0.3 is 0 Å². The van der Waals surface area contributed by atoms with Gasteiger partial charge in [0.1, 0.15) is 11.8 Å². The summed E-state index contributed by atoms with van der Waals surface area (Å²) in [5, 5.41) is 5.54. The predicted octanol–water partition coefficient (Wildman–Crippen LogP) is 3.11. The molecule has 0 radical (unpaired) electrons. The Morgan fingerprint density at radius 3 is 2.74 bits per heavy atom. The second kappa shape index (κ2) is 8.35. The number of aromatic nitrogens is 2. The maximum absolute atomic E-state index is 12.7. The molecule has 0 aliphatic heterocycles. The van der Waals surface area contributed by atoms with Crippen molar-refractivity contribution in [3.63, 3.8) is 0 Å². The number of benzene rings is 2. The summed E-state index contributed by atoms with van der Waals surface area (Å²) in [5.74, 6) is 0.304. The Bertz CT molecular complexity index is 918. The minimum atomic E-state index is -0.665. The number of para-hydroxylation sites is 2. The van der Waals surface area contributed by atoms with E-state index in [1.54, 1.807) is 24.3 Å². The second-order valence-electron chi connectivity index (χ2n) is 6.14. The monoisotopic (exact) mass is 366 g/mol. The molecule has 3 rings (SSSR count). The highest BCUT2D eigenvalue weighted by atomic mass is 16.5. The van der Waals surface area contributed by atoms with Crippen LogP contribution in [-0.4, -0.2) is 34.9 Å². The molecule has 2 aromatic carbocycles. The molecule has 0 saturated heterocycles. The Balaban J connectivity index is 1.71. The summed E-state index contributed by atoms with van der Waals surface area (Å²) in [6.07, 6.45) is 1.26. The molecular formula is C20H22N4O3. The van der Waals surface area contributed by atoms with E-state index in [4.69, 9.17) is 4.74 Å². The number of methoxy groups -OCH3 is 1. The van der Waals surface area contributed by atoms with Gasteiger partial charge in [0.2, 0.25) is 11.9 Å². The van der Waals surface area contributed by atoms with Crippen LogP contribution in [0.2, 0.25) is 0 Å². The quantitative estimate of drug-likeness (QED) is 0.599. The molecule has 140 valence electrons. The summed E-state index contributed by atoms with van der Waals surface area (Å²) in [5.41, 5.74) is 2.03. The summed E-state index contributed by atoms with van der Waals surface area (Å²) < 4.78 is 5.14. The number of ether oxygens (including phenoxy) is 1. The van der Waals surface area contributed by atoms with Crippen LogP contribution in [0, 0.1) is 0 Å². The smallest absolute Gasteiger partial charge is 0.252 e. The molecule has 7 nitrogen and oxygen atoms in total. The van der Waals surface area contributed by atoms with E-state index in [-0.39, 0.29) is 11.8 Å². The highest BCUT2D eigenvalue weighted by Gasteiger charge is 2.22. The van der Waals surface area contributed by atoms with E-state index in [1.807, 2.05) is 31.2 Å². The molecule has 2 amide bonds. The van der Waals surface area contributed by atoms with Crippen LogP contribution in [0.4, 0.5) is 5.95 Å². The normalized spacial score (nSPS) is 11.8. The fourth-order valence-corrected chi connectivity index (χ4v) is 2.78. The van der Waals surface area contributed by atoms with Gasteiger partial charge in [0, 0.05) is 5.56 Å². The predicted molar refractivity (Wildman–Crippen MR) is 104 cm³/mol. The number of amides is 2. The van der Waals surface area contributed by atoms with Gasteiger partial charge in [-0.1, -0.05) is 31.5 Å². The molecule has 1 aromatic heterocycles. The van der Waals surface area contributed by atoms with E-state index < -0.39 is 6.04 Å². The van der Waals surface area contributed by atoms with Crippen LogP contribution < -0.4 is 15.4 Å². The lowest BCUT2D eigenvalue weighted by atomic mass is 10.1. The van der Waals surface area contributed by atoms with E-state index in [0.29, 0.717) is 23.7 Å². The van der Waals surface area contributed by atoms with Crippen molar-refractivity contribution in [3.05, 3.63) is 54.1 Å². The number of carbonyl (C=O) groups excluding carboxylic acids is 2. The molecular weight excluding hydrogens is 344 g/mol. The van der Waals surface area contributed by atoms with Gasteiger partial charge in [0.15, 0.2) is 0 Å². The standard InChI is InChI=1S/C20H22N4O3/c1-3-7-17(21-18(25)13-8-6-9-14(12-13)27-2)19(26)24-20-22-15-10-4-5-11-16(15)23-20/h4-6,8-12,17H,3,7H2,1-2H3,(H,21,25)(H2,22,23,24,26)/t17-/m0/s1. The van der Waals surface area contributed by atoms with Gasteiger partial charge in [0.25, 0.3) is 5.91 Å². The van der Waals surface area contributed by atoms with Gasteiger partial charge in [-0.2, -0.15) is 0 Å². The van der Waals surface area contributed by atoms with E-state index in [1.165, 1.54) is 7.11 Å². The Morgan fingerprint density at radius 1 is 1.19 bits per heavy atom. The van der Waals surface area contributed by atoms with Crippen LogP contribution in [0.3, 0.4) is 0 Å². The molecule has 0 spiro atoms. The molecule has 7 heteroatoms. The van der Waals surface area contributed by atoms with Gasteiger partial charge in [-0.3, -0.25) is 14.9 Å². The Labute approximate surface area is 157 Å². The number of H-pyrrole nitrogens is 1. The van der Waals surface area contributed by atoms with Crippen molar-refractivity contribution in [2.45, 2.75) is 25.8 Å². The first-order chi connectivity index (χ1) is 13.1. The number of carbonyl (C=O) groups is 2. The van der Waals surface area contributed by atoms with E-state index in [9.17, 15) is 9.59 Å². The zero-order valence-electron chi connectivity index (χ0n) is 15.3. The van der Waals surface area contributed by atoms with Crippen molar-refractivity contribution in [1.82, 2.24) is 15.3 Å². The third-order valence-electron chi connectivity index (χ3n) is 4.16. The molecule has 1 heterocycles. The first-order valence-corrected chi connectivity index (χ1v) is 8.81. The maximum atomic E-state index is 12.7. The topological polar surface area (TPSA) is 96.1 Å². The SMILES string of the molecule is CCC[C@H](NC(=O)c1cccc(OC)c1)C(=O)Nc1nc2ccccc2[nH]1. The second-order valence-corrected chi connectivity index (χ2v) is 6.14. The maximum Gasteiger partial charge on any atom is 0.252 e. The van der Waals surface area contributed by atoms with Crippen molar-refractivity contribution in [2.75, 3.05) is 12.4 Å². The van der Waals surface area contributed by atoms with Gasteiger partial charge in [-0.05, 0) is 36.8 Å². The number of fused-ring (bicyclic) bond motifs is 1. The number of nitrogens with zero attached hydrogens (tertiary/aromatic N) is 1. The van der Waals surface area contributed by atoms with Crippen molar-refractivity contribution in [2.24, 2.45) is 0 Å². The first-order valence-electron chi connectivity index (χ1n) is 8.81. The molecule has 1 atom stereocenters. The zero-order valence-corrected chi connectivity index (χ0v) is 15.3. The van der Waals surface area contributed by atoms with Crippen LogP contribution in [0.25, 0.3) is 11.0 Å². The number of nitrogens with one attached hydrogen (secondary N) is 3. The third-order valence-corrected chi connectivity index (χ3v) is 4.16. The fourth-order valence-electron chi connectivity index (χ4n) is 2.78. The molecule has 0 aliphatic rings. The molecule has 0 unspecified atom stereocenters. The highest BCUT2D eigenvalue weighted by Crippen LogP contribution is 2.15. The minimum Gasteiger partial charge on any atom is -0.497 e. The largest absolute Gasteiger partial charge is 0.497 e. The van der Waals surface area contributed by atoms with E-state index in [0.717, 1.165) is 17.5 Å². The Hall–Kier alpha value is -3.35. The molecule has 0 aliphatic carbocycles. The number of hydrogen-bond acceptors (Lipinski definition) is 4. The van der Waals surface area contributed by atoms with Crippen molar-refractivity contribution < 1.29 is 14.3 Å². The molecule has 3 N–H and O–H groups in total. The summed E-state index contributed by atoms with van der Waals surface area (Å²) >= 11 is 0. The number of aromatic amines is 1. The van der Waals surface area contributed by atoms with Crippen LogP contribution in [-0.2, 0) is 4.79 Å². The van der Waals surface area contributed by atoms with Gasteiger partial charge in [-0.15, -0.1) is 0 Å². The summed E-state index contributed by atoms with van der Waals surface area (Å²) in [7, 11) is 1.54. The van der Waals surface area contributed by atoms with Crippen molar-refractivity contribution in [3.8, 4) is 5.75 Å². The van der Waals surface area contributed by atoms with Crippen molar-refractivity contribution >= 4 is 28.8 Å². The van der Waals surface area contributed by atoms with Crippen LogP contribution in [0.5, 0.6) is 5.75 Å². The summed E-state index contributed by atoms with van der Waals surface area (Å²) in [6.45, 7) is 1.96. The van der Waals surface area contributed by atoms with Gasteiger partial charge < -0.3 is 15.0 Å². The summed E-state index contributed by atoms with van der Waals surface area (Å²) in [6, 6.07) is 13.6. The Kier molecular flexibility index (Phi) is 5.71. The number of rotatable bonds is 7. The first kappa shape index (κ1) is 18.4. The molecule has 27 heavy (non-hydrogen) atoms. The average Bonchev–Trinajstić information content (AvgIpc) is 3.09. The van der Waals surface area contributed by atoms with E-state index in [2.05, 4.69) is 20.6 Å². The molecule has 3 aromatic rings. The van der Waals surface area contributed by atoms with Crippen LogP contribution in [0.15, 0.2) is 48.5 Å². The lowest BCUT2D eigenvalue weighted by Crippen LogP contribution is -2.43. The fraction of sp³-hybridized carbons (Fsp3) is 0.250. The zero-order chi connectivity index (χ0) is 19.2. The number of imidazole rings is 1. The Morgan fingerprint density at radius 2 is 2.00 bits per heavy atom. The average molecular weight is 366 g/mol. The lowest BCUT2D eigenvalue weighted by molar-refractivity contribution is -0.118. The highest BCUT2D eigenvalue weighted by molar-refractivity contribution is 6.01. The third kappa shape index (κ3) is 4.44. The van der Waals surface area contributed by atoms with Crippen LogP contribution in [0.1, 0.15) is 30.1 Å². The lowest BCUT2D eigenvalue weighted by Gasteiger charge is -2.17. The van der Waals surface area contributed by atoms with Crippen LogP contribution >= 0.6 is 0 Å². The van der Waals surface area contributed by atoms with Crippen molar-refractivity contribution in [1.29, 1.82) is 0 Å². The summed E-state index contributed by atoms with van der Waals surface area (Å²) in [4.78, 5) is 32.6. The van der Waals surface area contributed by atoms with Gasteiger partial charge in [-0.25, -0.2) is 4.98 Å². The minimum absolute atomic E-state index is 0.313. The number of hydrogen-bond donors (Lipinski definition) is 3. The molecule has 0 bridgehead atoms. The number of anilines is 1. The van der Waals surface area contributed by atoms with E-state index >= 15 is 0 Å². The van der Waals surface area contributed by atoms with Gasteiger partial charge in [0.05, 0.1) is 18.1 Å². The molecule has 0 fully saturated rings.